The van der Waals surface area contributed by atoms with E-state index in [4.69, 9.17) is 15.2 Å². The van der Waals surface area contributed by atoms with Crippen LogP contribution in [0.4, 0.5) is 0 Å². The Morgan fingerprint density at radius 3 is 2.65 bits per heavy atom. The summed E-state index contributed by atoms with van der Waals surface area (Å²) < 4.78 is 10.9. The number of halogens is 1. The lowest BCUT2D eigenvalue weighted by Crippen LogP contribution is -2.46. The maximum absolute atomic E-state index is 11.9. The zero-order valence-electron chi connectivity index (χ0n) is 13.5. The van der Waals surface area contributed by atoms with Crippen LogP contribution >= 0.6 is 12.4 Å². The molecule has 5 nitrogen and oxygen atoms in total. The van der Waals surface area contributed by atoms with Gasteiger partial charge in [0.1, 0.15) is 0 Å². The van der Waals surface area contributed by atoms with E-state index in [0.29, 0.717) is 6.54 Å². The summed E-state index contributed by atoms with van der Waals surface area (Å²) in [6, 6.07) is 5.68. The number of nitrogens with one attached hydrogen (secondary N) is 1. The fourth-order valence-corrected chi connectivity index (χ4v) is 3.44. The van der Waals surface area contributed by atoms with Crippen molar-refractivity contribution in [2.24, 2.45) is 5.73 Å². The van der Waals surface area contributed by atoms with E-state index in [-0.39, 0.29) is 30.5 Å². The van der Waals surface area contributed by atoms with Gasteiger partial charge in [-0.25, -0.2) is 0 Å². The summed E-state index contributed by atoms with van der Waals surface area (Å²) >= 11 is 0. The zero-order chi connectivity index (χ0) is 15.6. The number of benzene rings is 1. The highest BCUT2D eigenvalue weighted by atomic mass is 35.5. The number of carbonyl (C=O) groups is 1. The van der Waals surface area contributed by atoms with E-state index in [9.17, 15) is 4.79 Å². The van der Waals surface area contributed by atoms with Crippen molar-refractivity contribution in [3.05, 3.63) is 23.8 Å². The second kappa shape index (κ2) is 7.41. The highest BCUT2D eigenvalue weighted by Gasteiger charge is 2.35. The number of carbonyl (C=O) groups excluding carboxylic acids is 1. The minimum atomic E-state index is -0.475. The number of hydrogen-bond donors (Lipinski definition) is 2. The zero-order valence-corrected chi connectivity index (χ0v) is 14.3. The number of ether oxygens (including phenoxy) is 2. The molecule has 1 aromatic carbocycles. The molecule has 128 valence electrons. The molecule has 0 radical (unpaired) electrons. The first-order chi connectivity index (χ1) is 10.6. The summed E-state index contributed by atoms with van der Waals surface area (Å²) in [5, 5.41) is 3.02. The summed E-state index contributed by atoms with van der Waals surface area (Å²) in [5.41, 5.74) is 6.86. The third-order valence-electron chi connectivity index (χ3n) is 4.81. The summed E-state index contributed by atoms with van der Waals surface area (Å²) in [6.07, 6.45) is 5.77. The molecule has 1 aliphatic carbocycles. The lowest BCUT2D eigenvalue weighted by atomic mass is 9.69. The first kappa shape index (κ1) is 17.9. The summed E-state index contributed by atoms with van der Waals surface area (Å²) in [6.45, 7) is 2.63. The van der Waals surface area contributed by atoms with Crippen LogP contribution in [0, 0.1) is 0 Å². The van der Waals surface area contributed by atoms with Crippen molar-refractivity contribution in [2.45, 2.75) is 50.5 Å². The molecule has 6 heteroatoms. The number of nitrogens with two attached hydrogens (primary N) is 1. The molecule has 1 saturated carbocycles. The molecular formula is C17H25ClN2O3. The van der Waals surface area contributed by atoms with Gasteiger partial charge in [0.15, 0.2) is 11.5 Å². The van der Waals surface area contributed by atoms with Crippen molar-refractivity contribution in [1.29, 1.82) is 0 Å². The second-order valence-corrected chi connectivity index (χ2v) is 6.42. The van der Waals surface area contributed by atoms with Gasteiger partial charge in [-0.3, -0.25) is 4.79 Å². The van der Waals surface area contributed by atoms with Gasteiger partial charge in [0, 0.05) is 12.0 Å². The Labute approximate surface area is 143 Å². The number of fused-ring (bicyclic) bond motifs is 1. The van der Waals surface area contributed by atoms with E-state index in [1.807, 2.05) is 6.07 Å². The molecule has 0 bridgehead atoms. The molecule has 1 fully saturated rings. The fourth-order valence-electron chi connectivity index (χ4n) is 3.44. The standard InChI is InChI=1S/C17H24N2O3.ClH/c1-12(18)16(20)19-10-17(7-3-2-4-8-17)13-5-6-14-15(9-13)22-11-21-14;/h5-6,9,12H,2-4,7-8,10-11,18H2,1H3,(H,19,20);1H/t12-;/m1./s1. The maximum Gasteiger partial charge on any atom is 0.236 e. The Balaban J connectivity index is 0.00000192. The Bertz CT molecular complexity index is 557. The minimum Gasteiger partial charge on any atom is -0.454 e. The van der Waals surface area contributed by atoms with Crippen LogP contribution in [0.3, 0.4) is 0 Å². The number of hydrogen-bond acceptors (Lipinski definition) is 4. The van der Waals surface area contributed by atoms with Crippen molar-refractivity contribution >= 4 is 18.3 Å². The molecule has 0 saturated heterocycles. The first-order valence-corrected chi connectivity index (χ1v) is 8.04. The molecule has 3 rings (SSSR count). The van der Waals surface area contributed by atoms with Crippen LogP contribution in [-0.4, -0.2) is 25.3 Å². The number of amides is 1. The van der Waals surface area contributed by atoms with Crippen molar-refractivity contribution in [3.8, 4) is 11.5 Å². The third kappa shape index (κ3) is 3.72. The van der Waals surface area contributed by atoms with Gasteiger partial charge in [-0.05, 0) is 37.5 Å². The van der Waals surface area contributed by atoms with E-state index >= 15 is 0 Å². The quantitative estimate of drug-likeness (QED) is 0.883. The number of rotatable bonds is 4. The third-order valence-corrected chi connectivity index (χ3v) is 4.81. The van der Waals surface area contributed by atoms with Crippen LogP contribution in [0.15, 0.2) is 18.2 Å². The van der Waals surface area contributed by atoms with Crippen LogP contribution in [0.1, 0.15) is 44.6 Å². The topological polar surface area (TPSA) is 73.6 Å². The van der Waals surface area contributed by atoms with E-state index < -0.39 is 6.04 Å². The monoisotopic (exact) mass is 340 g/mol. The molecule has 3 N–H and O–H groups in total. The molecule has 1 aromatic rings. The van der Waals surface area contributed by atoms with E-state index in [2.05, 4.69) is 17.4 Å². The fraction of sp³-hybridized carbons (Fsp3) is 0.588. The first-order valence-electron chi connectivity index (χ1n) is 8.04. The van der Waals surface area contributed by atoms with Crippen molar-refractivity contribution < 1.29 is 14.3 Å². The Hall–Kier alpha value is -1.46. The normalized spacial score (nSPS) is 19.6. The highest BCUT2D eigenvalue weighted by Crippen LogP contribution is 2.43. The van der Waals surface area contributed by atoms with Crippen LogP contribution in [0.2, 0.25) is 0 Å². The van der Waals surface area contributed by atoms with Gasteiger partial charge in [0.05, 0.1) is 6.04 Å². The highest BCUT2D eigenvalue weighted by molar-refractivity contribution is 5.85. The Morgan fingerprint density at radius 1 is 1.26 bits per heavy atom. The molecule has 1 heterocycles. The summed E-state index contributed by atoms with van der Waals surface area (Å²) in [7, 11) is 0. The lowest BCUT2D eigenvalue weighted by molar-refractivity contribution is -0.122. The van der Waals surface area contributed by atoms with Crippen molar-refractivity contribution in [1.82, 2.24) is 5.32 Å². The summed E-state index contributed by atoms with van der Waals surface area (Å²) in [4.78, 5) is 11.9. The predicted molar refractivity (Wildman–Crippen MR) is 91.2 cm³/mol. The predicted octanol–water partition coefficient (Wildman–Crippen LogP) is 2.50. The van der Waals surface area contributed by atoms with Gasteiger partial charge < -0.3 is 20.5 Å². The Kier molecular flexibility index (Phi) is 5.76. The average molecular weight is 341 g/mol. The van der Waals surface area contributed by atoms with E-state index in [1.165, 1.54) is 24.8 Å². The van der Waals surface area contributed by atoms with Crippen molar-refractivity contribution in [2.75, 3.05) is 13.3 Å². The SMILES string of the molecule is C[C@@H](N)C(=O)NCC1(c2ccc3c(c2)OCO3)CCCCC1.Cl. The van der Waals surface area contributed by atoms with Crippen LogP contribution in [0.25, 0.3) is 0 Å². The average Bonchev–Trinajstić information content (AvgIpc) is 3.01. The van der Waals surface area contributed by atoms with Gasteiger partial charge in [-0.1, -0.05) is 25.3 Å². The van der Waals surface area contributed by atoms with Gasteiger partial charge in [-0.15, -0.1) is 12.4 Å². The molecule has 0 spiro atoms. The largest absolute Gasteiger partial charge is 0.454 e. The smallest absolute Gasteiger partial charge is 0.236 e. The molecule has 1 amide bonds. The van der Waals surface area contributed by atoms with Crippen LogP contribution in [-0.2, 0) is 10.2 Å². The molecule has 1 atom stereocenters. The second-order valence-electron chi connectivity index (χ2n) is 6.42. The molecular weight excluding hydrogens is 316 g/mol. The molecule has 23 heavy (non-hydrogen) atoms. The molecule has 2 aliphatic rings. The van der Waals surface area contributed by atoms with Gasteiger partial charge in [0.2, 0.25) is 12.7 Å². The molecule has 0 aromatic heterocycles. The van der Waals surface area contributed by atoms with Crippen LogP contribution in [0.5, 0.6) is 11.5 Å². The maximum atomic E-state index is 11.9. The minimum absolute atomic E-state index is 0. The Morgan fingerprint density at radius 2 is 1.96 bits per heavy atom. The van der Waals surface area contributed by atoms with E-state index in [0.717, 1.165) is 24.3 Å². The lowest BCUT2D eigenvalue weighted by Gasteiger charge is -2.38. The summed E-state index contributed by atoms with van der Waals surface area (Å²) in [5.74, 6) is 1.51. The van der Waals surface area contributed by atoms with Gasteiger partial charge in [0.25, 0.3) is 0 Å². The van der Waals surface area contributed by atoms with Gasteiger partial charge in [-0.2, -0.15) is 0 Å². The molecule has 1 aliphatic heterocycles. The van der Waals surface area contributed by atoms with Crippen molar-refractivity contribution in [3.63, 3.8) is 0 Å². The molecule has 0 unspecified atom stereocenters. The van der Waals surface area contributed by atoms with Crippen LogP contribution < -0.4 is 20.5 Å². The van der Waals surface area contributed by atoms with Gasteiger partial charge >= 0.3 is 0 Å². The van der Waals surface area contributed by atoms with E-state index in [1.54, 1.807) is 6.92 Å².